The molecule has 1 unspecified atom stereocenters. The summed E-state index contributed by atoms with van der Waals surface area (Å²) in [7, 11) is 0. The molecule has 0 saturated carbocycles. The predicted octanol–water partition coefficient (Wildman–Crippen LogP) is 16.1. The Balaban J connectivity index is 4.30. The Morgan fingerprint density at radius 1 is 0.356 bits per heavy atom. The molecular weight excluding hydrogens is 733 g/mol. The van der Waals surface area contributed by atoms with Crippen LogP contribution in [0.25, 0.3) is 0 Å². The first-order chi connectivity index (χ1) is 29.0. The lowest BCUT2D eigenvalue weighted by Crippen LogP contribution is -2.30. The minimum atomic E-state index is -0.780. The van der Waals surface area contributed by atoms with E-state index in [9.17, 15) is 14.4 Å². The van der Waals surface area contributed by atoms with Gasteiger partial charge in [0.05, 0.1) is 0 Å². The molecule has 0 bridgehead atoms. The summed E-state index contributed by atoms with van der Waals surface area (Å²) in [5.41, 5.74) is 0. The Bertz CT molecular complexity index is 1090. The second-order valence-electron chi connectivity index (χ2n) is 16.3. The van der Waals surface area contributed by atoms with Gasteiger partial charge in [-0.3, -0.25) is 14.4 Å². The van der Waals surface area contributed by atoms with Crippen molar-refractivity contribution in [2.75, 3.05) is 13.2 Å². The van der Waals surface area contributed by atoms with Gasteiger partial charge in [0.15, 0.2) is 6.10 Å². The molecule has 0 aromatic carbocycles. The highest BCUT2D eigenvalue weighted by molar-refractivity contribution is 5.71. The fourth-order valence-electron chi connectivity index (χ4n) is 6.78. The van der Waals surface area contributed by atoms with E-state index < -0.39 is 6.10 Å². The standard InChI is InChI=1S/C53H92O6/c1-4-7-10-13-16-18-20-22-24-25-26-27-29-30-32-34-37-40-43-46-52(55)58-49-50(48-57-51(54)45-42-39-36-15-12-9-6-3)59-53(56)47-44-41-38-35-33-31-28-23-21-19-17-14-11-8-5-2/h7,10,16,18,22-24,26-28,50H,4-6,8-9,11-15,17,19-21,25,29-49H2,1-3H3/b10-7-,18-16-,24-22-,27-26-,28-23-. The van der Waals surface area contributed by atoms with Gasteiger partial charge in [-0.1, -0.05) is 197 Å². The van der Waals surface area contributed by atoms with Crippen LogP contribution in [-0.4, -0.2) is 37.2 Å². The minimum absolute atomic E-state index is 0.0817. The van der Waals surface area contributed by atoms with E-state index >= 15 is 0 Å². The highest BCUT2D eigenvalue weighted by Gasteiger charge is 2.19. The topological polar surface area (TPSA) is 78.9 Å². The molecule has 0 aliphatic heterocycles. The van der Waals surface area contributed by atoms with Gasteiger partial charge in [0.2, 0.25) is 0 Å². The third-order valence-electron chi connectivity index (χ3n) is 10.5. The van der Waals surface area contributed by atoms with E-state index in [1.807, 2.05) is 0 Å². The quantitative estimate of drug-likeness (QED) is 0.0263. The Morgan fingerprint density at radius 3 is 1.05 bits per heavy atom. The molecule has 0 N–H and O–H groups in total. The van der Waals surface area contributed by atoms with E-state index in [2.05, 4.69) is 81.5 Å². The first-order valence-electron chi connectivity index (χ1n) is 24.8. The van der Waals surface area contributed by atoms with Crippen molar-refractivity contribution in [3.8, 4) is 0 Å². The maximum absolute atomic E-state index is 12.7. The maximum atomic E-state index is 12.7. The van der Waals surface area contributed by atoms with Crippen molar-refractivity contribution in [2.45, 2.75) is 245 Å². The Morgan fingerprint density at radius 2 is 0.661 bits per heavy atom. The number of hydrogen-bond donors (Lipinski definition) is 0. The lowest BCUT2D eigenvalue weighted by atomic mass is 10.1. The fourth-order valence-corrected chi connectivity index (χ4v) is 6.78. The maximum Gasteiger partial charge on any atom is 0.306 e. The fraction of sp³-hybridized carbons (Fsp3) is 0.755. The monoisotopic (exact) mass is 825 g/mol. The summed E-state index contributed by atoms with van der Waals surface area (Å²) >= 11 is 0. The van der Waals surface area contributed by atoms with Gasteiger partial charge in [-0.05, 0) is 83.5 Å². The molecule has 59 heavy (non-hydrogen) atoms. The van der Waals surface area contributed by atoms with Crippen LogP contribution in [0, 0.1) is 0 Å². The molecule has 6 heteroatoms. The van der Waals surface area contributed by atoms with Crippen LogP contribution in [0.1, 0.15) is 239 Å². The molecule has 1 atom stereocenters. The smallest absolute Gasteiger partial charge is 0.306 e. The van der Waals surface area contributed by atoms with Crippen LogP contribution < -0.4 is 0 Å². The minimum Gasteiger partial charge on any atom is -0.462 e. The second kappa shape index (κ2) is 47.8. The summed E-state index contributed by atoms with van der Waals surface area (Å²) in [6, 6.07) is 0. The van der Waals surface area contributed by atoms with Crippen molar-refractivity contribution in [3.63, 3.8) is 0 Å². The molecule has 0 aromatic heterocycles. The molecule has 0 rings (SSSR count). The van der Waals surface area contributed by atoms with E-state index in [1.165, 1.54) is 96.3 Å². The summed E-state index contributed by atoms with van der Waals surface area (Å²) in [5.74, 6) is -0.910. The molecule has 0 heterocycles. The number of carbonyl (C=O) groups excluding carboxylic acids is 3. The average Bonchev–Trinajstić information content (AvgIpc) is 3.23. The van der Waals surface area contributed by atoms with Gasteiger partial charge in [-0.2, -0.15) is 0 Å². The van der Waals surface area contributed by atoms with Crippen LogP contribution in [-0.2, 0) is 28.6 Å². The Labute approximate surface area is 364 Å². The van der Waals surface area contributed by atoms with Crippen LogP contribution in [0.5, 0.6) is 0 Å². The van der Waals surface area contributed by atoms with Crippen molar-refractivity contribution in [3.05, 3.63) is 60.8 Å². The number of ether oxygens (including phenoxy) is 3. The van der Waals surface area contributed by atoms with Crippen molar-refractivity contribution < 1.29 is 28.6 Å². The molecule has 0 spiro atoms. The number of esters is 3. The summed E-state index contributed by atoms with van der Waals surface area (Å²) in [4.78, 5) is 37.7. The Hall–Kier alpha value is -2.89. The highest BCUT2D eigenvalue weighted by atomic mass is 16.6. The predicted molar refractivity (Wildman–Crippen MR) is 251 cm³/mol. The molecule has 0 aliphatic carbocycles. The van der Waals surface area contributed by atoms with Gasteiger partial charge < -0.3 is 14.2 Å². The van der Waals surface area contributed by atoms with Gasteiger partial charge in [-0.25, -0.2) is 0 Å². The summed E-state index contributed by atoms with van der Waals surface area (Å²) < 4.78 is 16.7. The van der Waals surface area contributed by atoms with Crippen LogP contribution in [0.3, 0.4) is 0 Å². The largest absolute Gasteiger partial charge is 0.462 e. The third-order valence-corrected chi connectivity index (χ3v) is 10.5. The molecule has 0 fully saturated rings. The zero-order valence-corrected chi connectivity index (χ0v) is 38.8. The average molecular weight is 825 g/mol. The van der Waals surface area contributed by atoms with E-state index in [-0.39, 0.29) is 31.1 Å². The summed E-state index contributed by atoms with van der Waals surface area (Å²) in [6.45, 7) is 6.46. The zero-order valence-electron chi connectivity index (χ0n) is 38.8. The molecule has 0 radical (unpaired) electrons. The van der Waals surface area contributed by atoms with E-state index in [0.29, 0.717) is 19.3 Å². The SMILES string of the molecule is CC/C=C\C/C=C\C/C=C\C/C=C\CCCCCCCCC(=O)OCC(COC(=O)CCCCCCCCC)OC(=O)CCCCCCC/C=C\CCCCCCCC. The number of carbonyl (C=O) groups is 3. The van der Waals surface area contributed by atoms with Crippen LogP contribution in [0.15, 0.2) is 60.8 Å². The van der Waals surface area contributed by atoms with Crippen molar-refractivity contribution in [1.29, 1.82) is 0 Å². The lowest BCUT2D eigenvalue weighted by Gasteiger charge is -2.18. The van der Waals surface area contributed by atoms with Gasteiger partial charge in [0.1, 0.15) is 13.2 Å². The van der Waals surface area contributed by atoms with Crippen LogP contribution in [0.2, 0.25) is 0 Å². The number of allylic oxidation sites excluding steroid dienone is 10. The third kappa shape index (κ3) is 46.0. The normalized spacial score (nSPS) is 12.5. The first-order valence-corrected chi connectivity index (χ1v) is 24.8. The van der Waals surface area contributed by atoms with Crippen LogP contribution >= 0.6 is 0 Å². The molecule has 0 saturated heterocycles. The molecule has 0 amide bonds. The number of rotatable bonds is 44. The molecule has 0 aliphatic rings. The van der Waals surface area contributed by atoms with E-state index in [0.717, 1.165) is 103 Å². The van der Waals surface area contributed by atoms with Crippen molar-refractivity contribution in [1.82, 2.24) is 0 Å². The first kappa shape index (κ1) is 56.1. The molecular formula is C53H92O6. The summed E-state index contributed by atoms with van der Waals surface area (Å²) in [5, 5.41) is 0. The van der Waals surface area contributed by atoms with Gasteiger partial charge in [-0.15, -0.1) is 0 Å². The highest BCUT2D eigenvalue weighted by Crippen LogP contribution is 2.14. The molecule has 6 nitrogen and oxygen atoms in total. The van der Waals surface area contributed by atoms with Gasteiger partial charge >= 0.3 is 17.9 Å². The van der Waals surface area contributed by atoms with Crippen LogP contribution in [0.4, 0.5) is 0 Å². The van der Waals surface area contributed by atoms with E-state index in [4.69, 9.17) is 14.2 Å². The zero-order chi connectivity index (χ0) is 43.0. The van der Waals surface area contributed by atoms with E-state index in [1.54, 1.807) is 0 Å². The van der Waals surface area contributed by atoms with Crippen molar-refractivity contribution >= 4 is 17.9 Å². The Kier molecular flexibility index (Phi) is 45.4. The van der Waals surface area contributed by atoms with Gasteiger partial charge in [0, 0.05) is 19.3 Å². The summed E-state index contributed by atoms with van der Waals surface area (Å²) in [6.07, 6.45) is 57.9. The second-order valence-corrected chi connectivity index (χ2v) is 16.3. The molecule has 0 aromatic rings. The van der Waals surface area contributed by atoms with Crippen molar-refractivity contribution in [2.24, 2.45) is 0 Å². The lowest BCUT2D eigenvalue weighted by molar-refractivity contribution is -0.167. The number of unbranched alkanes of at least 4 members (excludes halogenated alkanes) is 23. The number of hydrogen-bond acceptors (Lipinski definition) is 6. The van der Waals surface area contributed by atoms with Gasteiger partial charge in [0.25, 0.3) is 0 Å². The molecule has 340 valence electrons.